The summed E-state index contributed by atoms with van der Waals surface area (Å²) in [4.78, 5) is 4.18. The predicted octanol–water partition coefficient (Wildman–Crippen LogP) is 4.60. The van der Waals surface area contributed by atoms with Crippen molar-refractivity contribution in [1.29, 1.82) is 0 Å². The predicted molar refractivity (Wildman–Crippen MR) is 69.8 cm³/mol. The van der Waals surface area contributed by atoms with Gasteiger partial charge in [0.25, 0.3) is 0 Å². The third-order valence-electron chi connectivity index (χ3n) is 3.52. The van der Waals surface area contributed by atoms with Crippen LogP contribution in [0.5, 0.6) is 0 Å². The van der Waals surface area contributed by atoms with E-state index in [9.17, 15) is 0 Å². The Hall–Kier alpha value is -0.280. The second-order valence-corrected chi connectivity index (χ2v) is 5.98. The summed E-state index contributed by atoms with van der Waals surface area (Å²) in [7, 11) is 0. The highest BCUT2D eigenvalue weighted by Gasteiger charge is 2.32. The molecule has 94 valence electrons. The molecule has 0 unspecified atom stereocenters. The molecule has 2 nitrogen and oxygen atoms in total. The molecule has 17 heavy (non-hydrogen) atoms. The maximum atomic E-state index is 8.57. The standard InChI is InChI=1S/C13H16Cl2O2/c1-13(2)5-3-4-9-10(14)6-8(7-17-16)12(15)11(9)13/h6,16H,3-5,7H2,1-2H3. The molecule has 0 bridgehead atoms. The third kappa shape index (κ3) is 2.32. The van der Waals surface area contributed by atoms with Crippen molar-refractivity contribution in [2.75, 3.05) is 0 Å². The van der Waals surface area contributed by atoms with Gasteiger partial charge in [0.05, 0.1) is 5.02 Å². The Kier molecular flexibility index (Phi) is 3.69. The van der Waals surface area contributed by atoms with E-state index >= 15 is 0 Å². The van der Waals surface area contributed by atoms with Gasteiger partial charge in [-0.25, -0.2) is 4.89 Å². The average molecular weight is 275 g/mol. The maximum Gasteiger partial charge on any atom is 0.109 e. The first-order valence-corrected chi connectivity index (χ1v) is 6.49. The Morgan fingerprint density at radius 3 is 2.76 bits per heavy atom. The number of hydrogen-bond acceptors (Lipinski definition) is 2. The molecular weight excluding hydrogens is 259 g/mol. The fraction of sp³-hybridized carbons (Fsp3) is 0.538. The van der Waals surface area contributed by atoms with Crippen molar-refractivity contribution >= 4 is 23.2 Å². The molecular formula is C13H16Cl2O2. The first-order chi connectivity index (χ1) is 7.97. The van der Waals surface area contributed by atoms with Gasteiger partial charge in [0.15, 0.2) is 0 Å². The van der Waals surface area contributed by atoms with Crippen LogP contribution in [0.3, 0.4) is 0 Å². The van der Waals surface area contributed by atoms with Crippen LogP contribution >= 0.6 is 23.2 Å². The number of fused-ring (bicyclic) bond motifs is 1. The third-order valence-corrected chi connectivity index (χ3v) is 4.29. The molecule has 1 aliphatic rings. The SMILES string of the molecule is CC1(C)CCCc2c(Cl)cc(COO)c(Cl)c21. The minimum absolute atomic E-state index is 0.0276. The Labute approximate surface area is 111 Å². The van der Waals surface area contributed by atoms with Crippen molar-refractivity contribution in [3.63, 3.8) is 0 Å². The fourth-order valence-electron chi connectivity index (χ4n) is 2.67. The Morgan fingerprint density at radius 1 is 1.41 bits per heavy atom. The largest absolute Gasteiger partial charge is 0.251 e. The molecule has 0 aromatic heterocycles. The van der Waals surface area contributed by atoms with Gasteiger partial charge in [0, 0.05) is 10.6 Å². The van der Waals surface area contributed by atoms with Crippen molar-refractivity contribution in [2.45, 2.75) is 45.1 Å². The first kappa shape index (κ1) is 13.2. The Bertz CT molecular complexity index is 442. The molecule has 4 heteroatoms. The van der Waals surface area contributed by atoms with Gasteiger partial charge in [-0.05, 0) is 41.9 Å². The van der Waals surface area contributed by atoms with Crippen LogP contribution in [-0.4, -0.2) is 5.26 Å². The summed E-state index contributed by atoms with van der Waals surface area (Å²) >= 11 is 12.7. The van der Waals surface area contributed by atoms with Crippen molar-refractivity contribution in [3.8, 4) is 0 Å². The lowest BCUT2D eigenvalue weighted by Crippen LogP contribution is -2.25. The Balaban J connectivity index is 2.63. The number of benzene rings is 1. The lowest BCUT2D eigenvalue weighted by Gasteiger charge is -2.34. The number of hydrogen-bond donors (Lipinski definition) is 1. The molecule has 0 amide bonds. The molecule has 0 spiro atoms. The van der Waals surface area contributed by atoms with Crippen LogP contribution in [-0.2, 0) is 23.3 Å². The van der Waals surface area contributed by atoms with Gasteiger partial charge in [-0.2, -0.15) is 0 Å². The van der Waals surface area contributed by atoms with E-state index in [0.29, 0.717) is 5.02 Å². The zero-order chi connectivity index (χ0) is 12.6. The van der Waals surface area contributed by atoms with Crippen LogP contribution in [0.2, 0.25) is 10.0 Å². The monoisotopic (exact) mass is 274 g/mol. The minimum Gasteiger partial charge on any atom is -0.251 e. The average Bonchev–Trinajstić information content (AvgIpc) is 2.24. The van der Waals surface area contributed by atoms with Gasteiger partial charge in [-0.1, -0.05) is 37.0 Å². The van der Waals surface area contributed by atoms with Gasteiger partial charge in [0.2, 0.25) is 0 Å². The highest BCUT2D eigenvalue weighted by Crippen LogP contribution is 2.45. The molecule has 2 rings (SSSR count). The molecule has 0 atom stereocenters. The summed E-state index contributed by atoms with van der Waals surface area (Å²) in [5, 5.41) is 9.98. The van der Waals surface area contributed by atoms with Crippen LogP contribution in [0.15, 0.2) is 6.07 Å². The number of halogens is 2. The van der Waals surface area contributed by atoms with Crippen molar-refractivity contribution in [2.24, 2.45) is 0 Å². The molecule has 0 fully saturated rings. The zero-order valence-electron chi connectivity index (χ0n) is 10.0. The molecule has 1 N–H and O–H groups in total. The maximum absolute atomic E-state index is 8.57. The van der Waals surface area contributed by atoms with Crippen LogP contribution in [0, 0.1) is 0 Å². The van der Waals surface area contributed by atoms with E-state index in [1.54, 1.807) is 6.07 Å². The van der Waals surface area contributed by atoms with Crippen LogP contribution in [0.25, 0.3) is 0 Å². The van der Waals surface area contributed by atoms with Crippen molar-refractivity contribution < 1.29 is 10.1 Å². The molecule has 0 aliphatic heterocycles. The molecule has 0 saturated carbocycles. The normalized spacial score (nSPS) is 17.9. The summed E-state index contributed by atoms with van der Waals surface area (Å²) in [6.45, 7) is 4.43. The van der Waals surface area contributed by atoms with E-state index in [-0.39, 0.29) is 12.0 Å². The van der Waals surface area contributed by atoms with E-state index in [0.717, 1.165) is 41.0 Å². The van der Waals surface area contributed by atoms with E-state index in [1.165, 1.54) is 0 Å². The van der Waals surface area contributed by atoms with Gasteiger partial charge >= 0.3 is 0 Å². The van der Waals surface area contributed by atoms with Gasteiger partial charge in [0.1, 0.15) is 6.61 Å². The van der Waals surface area contributed by atoms with Gasteiger partial charge < -0.3 is 0 Å². The lowest BCUT2D eigenvalue weighted by molar-refractivity contribution is -0.253. The van der Waals surface area contributed by atoms with E-state index in [4.69, 9.17) is 28.5 Å². The highest BCUT2D eigenvalue weighted by atomic mass is 35.5. The summed E-state index contributed by atoms with van der Waals surface area (Å²) in [6.07, 6.45) is 3.20. The molecule has 1 aliphatic carbocycles. The Morgan fingerprint density at radius 2 is 2.12 bits per heavy atom. The molecule has 0 radical (unpaired) electrons. The van der Waals surface area contributed by atoms with Gasteiger partial charge in [-0.3, -0.25) is 5.26 Å². The summed E-state index contributed by atoms with van der Waals surface area (Å²) in [5.74, 6) is 0. The van der Waals surface area contributed by atoms with E-state index in [1.807, 2.05) is 0 Å². The highest BCUT2D eigenvalue weighted by molar-refractivity contribution is 6.35. The van der Waals surface area contributed by atoms with E-state index < -0.39 is 0 Å². The van der Waals surface area contributed by atoms with E-state index in [2.05, 4.69) is 18.7 Å². The van der Waals surface area contributed by atoms with Crippen LogP contribution in [0.1, 0.15) is 43.4 Å². The lowest BCUT2D eigenvalue weighted by atomic mass is 9.72. The quantitative estimate of drug-likeness (QED) is 0.631. The summed E-state index contributed by atoms with van der Waals surface area (Å²) < 4.78 is 0. The second kappa shape index (κ2) is 4.77. The van der Waals surface area contributed by atoms with Crippen LogP contribution in [0.4, 0.5) is 0 Å². The minimum atomic E-state index is 0.0276. The fourth-order valence-corrected chi connectivity index (χ4v) is 3.47. The van der Waals surface area contributed by atoms with Crippen molar-refractivity contribution in [1.82, 2.24) is 0 Å². The second-order valence-electron chi connectivity index (χ2n) is 5.20. The smallest absolute Gasteiger partial charge is 0.109 e. The zero-order valence-corrected chi connectivity index (χ0v) is 11.5. The van der Waals surface area contributed by atoms with Crippen molar-refractivity contribution in [3.05, 3.63) is 32.8 Å². The summed E-state index contributed by atoms with van der Waals surface area (Å²) in [6, 6.07) is 1.79. The molecule has 1 aromatic carbocycles. The topological polar surface area (TPSA) is 29.5 Å². The number of rotatable bonds is 2. The van der Waals surface area contributed by atoms with Crippen LogP contribution < -0.4 is 0 Å². The molecule has 0 heterocycles. The molecule has 0 saturated heterocycles. The molecule has 1 aromatic rings. The van der Waals surface area contributed by atoms with Gasteiger partial charge in [-0.15, -0.1) is 0 Å². The first-order valence-electron chi connectivity index (χ1n) is 5.74. The summed E-state index contributed by atoms with van der Waals surface area (Å²) in [5.41, 5.74) is 3.03.